The Hall–Kier alpha value is -3.50. The number of carbonyl (C=O) groups excluding carboxylic acids is 3. The van der Waals surface area contributed by atoms with Crippen molar-refractivity contribution >= 4 is 33.8 Å². The molecule has 0 saturated heterocycles. The zero-order valence-electron chi connectivity index (χ0n) is 18.6. The van der Waals surface area contributed by atoms with Gasteiger partial charge in [-0.2, -0.15) is 4.31 Å². The van der Waals surface area contributed by atoms with Crippen molar-refractivity contribution in [2.75, 3.05) is 19.6 Å². The highest BCUT2D eigenvalue weighted by Crippen LogP contribution is 2.16. The zero-order chi connectivity index (χ0) is 24.4. The van der Waals surface area contributed by atoms with Gasteiger partial charge in [-0.05, 0) is 41.5 Å². The van der Waals surface area contributed by atoms with Gasteiger partial charge in [0.25, 0.3) is 5.91 Å². The van der Waals surface area contributed by atoms with E-state index in [1.165, 1.54) is 22.5 Å². The molecule has 2 rings (SSSR count). The summed E-state index contributed by atoms with van der Waals surface area (Å²) in [5.41, 5.74) is 6.84. The van der Waals surface area contributed by atoms with Crippen LogP contribution < -0.4 is 16.4 Å². The van der Waals surface area contributed by atoms with Crippen molar-refractivity contribution < 1.29 is 22.8 Å². The Balaban J connectivity index is 1.90. The third kappa shape index (κ3) is 7.55. The summed E-state index contributed by atoms with van der Waals surface area (Å²) < 4.78 is 26.4. The van der Waals surface area contributed by atoms with Crippen LogP contribution in [0.1, 0.15) is 35.3 Å². The molecule has 0 unspecified atom stereocenters. The lowest BCUT2D eigenvalue weighted by atomic mass is 10.1. The fourth-order valence-corrected chi connectivity index (χ4v) is 4.38. The second-order valence-electron chi connectivity index (χ2n) is 7.06. The highest BCUT2D eigenvalue weighted by molar-refractivity contribution is 7.89. The van der Waals surface area contributed by atoms with Crippen molar-refractivity contribution in [3.63, 3.8) is 0 Å². The minimum atomic E-state index is -3.52. The number of rotatable bonds is 11. The fraction of sp³-hybridized carbons (Fsp3) is 0.261. The number of primary amides is 1. The summed E-state index contributed by atoms with van der Waals surface area (Å²) in [6.45, 7) is 4.38. The SMILES string of the molecule is CCN(CC)S(=O)(=O)c1ccc(/C=C/C(=O)NCc2ccc(C(=O)NCC(N)=O)cc2)cc1. The molecule has 0 atom stereocenters. The number of amides is 3. The van der Waals surface area contributed by atoms with Crippen LogP contribution in [0.3, 0.4) is 0 Å². The van der Waals surface area contributed by atoms with E-state index < -0.39 is 21.8 Å². The van der Waals surface area contributed by atoms with Crippen LogP contribution in [0, 0.1) is 0 Å². The van der Waals surface area contributed by atoms with Gasteiger partial charge in [0.2, 0.25) is 21.8 Å². The van der Waals surface area contributed by atoms with Crippen LogP contribution in [-0.4, -0.2) is 50.1 Å². The first-order valence-corrected chi connectivity index (χ1v) is 11.8. The Labute approximate surface area is 193 Å². The number of hydrogen-bond acceptors (Lipinski definition) is 5. The van der Waals surface area contributed by atoms with E-state index in [2.05, 4.69) is 10.6 Å². The number of sulfonamides is 1. The van der Waals surface area contributed by atoms with Gasteiger partial charge in [-0.15, -0.1) is 0 Å². The van der Waals surface area contributed by atoms with Crippen LogP contribution in [0.4, 0.5) is 0 Å². The molecule has 176 valence electrons. The summed E-state index contributed by atoms with van der Waals surface area (Å²) >= 11 is 0. The Bertz CT molecular complexity index is 1110. The Kier molecular flexibility index (Phi) is 9.31. The predicted octanol–water partition coefficient (Wildman–Crippen LogP) is 1.26. The molecule has 0 aliphatic heterocycles. The first kappa shape index (κ1) is 25.8. The summed E-state index contributed by atoms with van der Waals surface area (Å²) in [6.07, 6.45) is 2.95. The lowest BCUT2D eigenvalue weighted by Gasteiger charge is -2.18. The summed E-state index contributed by atoms with van der Waals surface area (Å²) in [6, 6.07) is 12.9. The zero-order valence-corrected chi connectivity index (χ0v) is 19.4. The molecule has 10 heteroatoms. The van der Waals surface area contributed by atoms with Crippen LogP contribution >= 0.6 is 0 Å². The van der Waals surface area contributed by atoms with Gasteiger partial charge < -0.3 is 16.4 Å². The maximum atomic E-state index is 12.5. The molecule has 3 amide bonds. The van der Waals surface area contributed by atoms with E-state index in [1.54, 1.807) is 56.3 Å². The van der Waals surface area contributed by atoms with Crippen LogP contribution in [0.5, 0.6) is 0 Å². The Morgan fingerprint density at radius 3 is 2.09 bits per heavy atom. The van der Waals surface area contributed by atoms with E-state index in [-0.39, 0.29) is 23.9 Å². The number of carbonyl (C=O) groups is 3. The van der Waals surface area contributed by atoms with Crippen LogP contribution in [0.15, 0.2) is 59.5 Å². The van der Waals surface area contributed by atoms with E-state index in [0.29, 0.717) is 24.2 Å². The van der Waals surface area contributed by atoms with Crippen molar-refractivity contribution in [2.24, 2.45) is 5.73 Å². The molecule has 0 fully saturated rings. The number of benzene rings is 2. The van der Waals surface area contributed by atoms with Gasteiger partial charge in [0, 0.05) is 31.3 Å². The van der Waals surface area contributed by atoms with Crippen molar-refractivity contribution in [3.8, 4) is 0 Å². The highest BCUT2D eigenvalue weighted by Gasteiger charge is 2.20. The number of nitrogens with two attached hydrogens (primary N) is 1. The smallest absolute Gasteiger partial charge is 0.251 e. The molecular formula is C23H28N4O5S. The first-order chi connectivity index (χ1) is 15.7. The summed E-state index contributed by atoms with van der Waals surface area (Å²) in [4.78, 5) is 34.9. The van der Waals surface area contributed by atoms with Gasteiger partial charge in [-0.1, -0.05) is 38.1 Å². The molecule has 0 heterocycles. The second kappa shape index (κ2) is 11.9. The lowest BCUT2D eigenvalue weighted by molar-refractivity contribution is -0.117. The summed E-state index contributed by atoms with van der Waals surface area (Å²) in [7, 11) is -3.52. The van der Waals surface area contributed by atoms with E-state index in [9.17, 15) is 22.8 Å². The molecule has 9 nitrogen and oxygen atoms in total. The maximum Gasteiger partial charge on any atom is 0.251 e. The van der Waals surface area contributed by atoms with Gasteiger partial charge in [0.05, 0.1) is 11.4 Å². The summed E-state index contributed by atoms with van der Waals surface area (Å²) in [5.74, 6) is -1.36. The largest absolute Gasteiger partial charge is 0.368 e. The minimum Gasteiger partial charge on any atom is -0.368 e. The Morgan fingerprint density at radius 1 is 0.939 bits per heavy atom. The molecule has 2 aromatic rings. The average Bonchev–Trinajstić information content (AvgIpc) is 2.81. The predicted molar refractivity (Wildman–Crippen MR) is 125 cm³/mol. The van der Waals surface area contributed by atoms with Crippen molar-refractivity contribution in [1.29, 1.82) is 0 Å². The topological polar surface area (TPSA) is 139 Å². The second-order valence-corrected chi connectivity index (χ2v) is 8.99. The lowest BCUT2D eigenvalue weighted by Crippen LogP contribution is -2.33. The molecule has 0 aliphatic carbocycles. The Morgan fingerprint density at radius 2 is 1.55 bits per heavy atom. The van der Waals surface area contributed by atoms with Crippen LogP contribution in [0.25, 0.3) is 6.08 Å². The van der Waals surface area contributed by atoms with E-state index in [4.69, 9.17) is 5.73 Å². The van der Waals surface area contributed by atoms with Crippen molar-refractivity contribution in [3.05, 3.63) is 71.3 Å². The highest BCUT2D eigenvalue weighted by atomic mass is 32.2. The van der Waals surface area contributed by atoms with Crippen molar-refractivity contribution in [2.45, 2.75) is 25.3 Å². The quantitative estimate of drug-likeness (QED) is 0.423. The average molecular weight is 473 g/mol. The fourth-order valence-electron chi connectivity index (χ4n) is 2.93. The van der Waals surface area contributed by atoms with Gasteiger partial charge in [0.15, 0.2) is 0 Å². The first-order valence-electron chi connectivity index (χ1n) is 10.4. The molecule has 0 bridgehead atoms. The van der Waals surface area contributed by atoms with Gasteiger partial charge in [-0.25, -0.2) is 8.42 Å². The number of nitrogens with one attached hydrogen (secondary N) is 2. The van der Waals surface area contributed by atoms with Gasteiger partial charge >= 0.3 is 0 Å². The normalized spacial score (nSPS) is 11.5. The molecule has 2 aromatic carbocycles. The minimum absolute atomic E-state index is 0.208. The third-order valence-electron chi connectivity index (χ3n) is 4.76. The molecule has 0 radical (unpaired) electrons. The molecule has 0 saturated carbocycles. The van der Waals surface area contributed by atoms with Crippen molar-refractivity contribution in [1.82, 2.24) is 14.9 Å². The molecule has 0 spiro atoms. The third-order valence-corrected chi connectivity index (χ3v) is 6.82. The molecular weight excluding hydrogens is 444 g/mol. The molecule has 33 heavy (non-hydrogen) atoms. The monoisotopic (exact) mass is 472 g/mol. The van der Waals surface area contributed by atoms with Gasteiger partial charge in [-0.3, -0.25) is 14.4 Å². The standard InChI is InChI=1S/C23H28N4O5S/c1-3-27(4-2)33(31,32)20-12-7-17(8-13-20)9-14-22(29)25-15-18-5-10-19(11-6-18)23(30)26-16-21(24)28/h5-14H,3-4,15-16H2,1-2H3,(H2,24,28)(H,25,29)(H,26,30)/b14-9+. The molecule has 0 aliphatic rings. The maximum absolute atomic E-state index is 12.5. The number of nitrogens with zero attached hydrogens (tertiary/aromatic N) is 1. The molecule has 4 N–H and O–H groups in total. The van der Waals surface area contributed by atoms with E-state index in [0.717, 1.165) is 5.56 Å². The van der Waals surface area contributed by atoms with Crippen LogP contribution in [0.2, 0.25) is 0 Å². The number of hydrogen-bond donors (Lipinski definition) is 3. The summed E-state index contributed by atoms with van der Waals surface area (Å²) in [5, 5.41) is 5.13. The molecule has 0 aromatic heterocycles. The van der Waals surface area contributed by atoms with Gasteiger partial charge in [0.1, 0.15) is 0 Å². The van der Waals surface area contributed by atoms with E-state index >= 15 is 0 Å². The van der Waals surface area contributed by atoms with Crippen LogP contribution in [-0.2, 0) is 26.2 Å². The van der Waals surface area contributed by atoms with E-state index in [1.807, 2.05) is 0 Å².